The van der Waals surface area contributed by atoms with E-state index in [9.17, 15) is 5.11 Å². The number of ether oxygens (including phenoxy) is 2. The molecule has 1 aliphatic rings. The Kier molecular flexibility index (Phi) is 12.5. The summed E-state index contributed by atoms with van der Waals surface area (Å²) in [5.41, 5.74) is 0.400. The van der Waals surface area contributed by atoms with Crippen LogP contribution in [0.15, 0.2) is 29.3 Å². The highest BCUT2D eigenvalue weighted by atomic mass is 127. The molecule has 1 atom stereocenters. The van der Waals surface area contributed by atoms with E-state index in [0.717, 1.165) is 63.9 Å². The largest absolute Gasteiger partial charge is 0.497 e. The Morgan fingerprint density at radius 2 is 2.07 bits per heavy atom. The third-order valence-electron chi connectivity index (χ3n) is 4.66. The molecule has 0 spiro atoms. The molecule has 1 aromatic carbocycles. The minimum Gasteiger partial charge on any atom is -0.497 e. The molecule has 1 unspecified atom stereocenters. The van der Waals surface area contributed by atoms with Crippen LogP contribution < -0.4 is 15.4 Å². The van der Waals surface area contributed by atoms with Crippen molar-refractivity contribution in [2.75, 3.05) is 59.6 Å². The topological polar surface area (TPSA) is 78.4 Å². The van der Waals surface area contributed by atoms with Gasteiger partial charge < -0.3 is 25.2 Å². The van der Waals surface area contributed by atoms with Gasteiger partial charge in [0.25, 0.3) is 0 Å². The van der Waals surface area contributed by atoms with Crippen LogP contribution in [0.3, 0.4) is 0 Å². The van der Waals surface area contributed by atoms with Gasteiger partial charge in [-0.25, -0.2) is 0 Å². The Bertz CT molecular complexity index is 607. The number of β-amino-alcohol motifs (C(OH)–C–C–N with tert-alkyl or cyclic N) is 1. The van der Waals surface area contributed by atoms with Gasteiger partial charge in [-0.3, -0.25) is 9.89 Å². The van der Waals surface area contributed by atoms with Gasteiger partial charge >= 0.3 is 0 Å². The van der Waals surface area contributed by atoms with Crippen molar-refractivity contribution in [3.05, 3.63) is 29.8 Å². The van der Waals surface area contributed by atoms with E-state index in [1.165, 1.54) is 5.56 Å². The second-order valence-electron chi connectivity index (χ2n) is 7.46. The maximum atomic E-state index is 10.7. The fourth-order valence-electron chi connectivity index (χ4n) is 3.21. The number of morpholine rings is 1. The van der Waals surface area contributed by atoms with Gasteiger partial charge in [-0.15, -0.1) is 24.0 Å². The second-order valence-corrected chi connectivity index (χ2v) is 7.46. The first kappa shape index (κ1) is 25.9. The highest BCUT2D eigenvalue weighted by Crippen LogP contribution is 2.13. The Hall–Kier alpha value is -1.10. The summed E-state index contributed by atoms with van der Waals surface area (Å²) in [6, 6.07) is 8.16. The van der Waals surface area contributed by atoms with E-state index in [0.29, 0.717) is 13.1 Å². The number of benzene rings is 1. The smallest absolute Gasteiger partial charge is 0.191 e. The minimum atomic E-state index is -0.861. The number of rotatable bonds is 10. The fraction of sp³-hybridized carbons (Fsp3) is 0.667. The summed E-state index contributed by atoms with van der Waals surface area (Å²) < 4.78 is 10.6. The number of hydrogen-bond donors (Lipinski definition) is 3. The Morgan fingerprint density at radius 1 is 1.31 bits per heavy atom. The molecule has 1 saturated heterocycles. The SMILES string of the molecule is CCNC(=NCC(C)(O)CN1CCOCC1)NCCCc1cccc(OC)c1.I. The molecule has 29 heavy (non-hydrogen) atoms. The zero-order chi connectivity index (χ0) is 20.2. The van der Waals surface area contributed by atoms with Crippen molar-refractivity contribution in [3.63, 3.8) is 0 Å². The van der Waals surface area contributed by atoms with Crippen molar-refractivity contribution in [1.82, 2.24) is 15.5 Å². The molecule has 0 aromatic heterocycles. The fourth-order valence-corrected chi connectivity index (χ4v) is 3.21. The van der Waals surface area contributed by atoms with Gasteiger partial charge in [0.2, 0.25) is 0 Å². The summed E-state index contributed by atoms with van der Waals surface area (Å²) in [5, 5.41) is 17.3. The number of hydrogen-bond acceptors (Lipinski definition) is 5. The molecular formula is C21H37IN4O3. The number of methoxy groups -OCH3 is 1. The zero-order valence-electron chi connectivity index (χ0n) is 17.9. The van der Waals surface area contributed by atoms with Gasteiger partial charge in [0.1, 0.15) is 5.75 Å². The Morgan fingerprint density at radius 3 is 2.76 bits per heavy atom. The molecule has 1 aliphatic heterocycles. The number of aliphatic imine (C=N–C) groups is 1. The molecule has 7 nitrogen and oxygen atoms in total. The molecule has 2 rings (SSSR count). The standard InChI is InChI=1S/C21H36N4O3.HI/c1-4-22-20(23-10-6-8-18-7-5-9-19(15-18)27-3)24-16-21(2,26)17-25-11-13-28-14-12-25;/h5,7,9,15,26H,4,6,8,10-14,16-17H2,1-3H3,(H2,22,23,24);1H. The molecule has 166 valence electrons. The lowest BCUT2D eigenvalue weighted by Crippen LogP contribution is -2.48. The van der Waals surface area contributed by atoms with E-state index < -0.39 is 5.60 Å². The van der Waals surface area contributed by atoms with Crippen LogP contribution in [0.4, 0.5) is 0 Å². The molecule has 0 aliphatic carbocycles. The Labute approximate surface area is 192 Å². The van der Waals surface area contributed by atoms with Crippen molar-refractivity contribution >= 4 is 29.9 Å². The van der Waals surface area contributed by atoms with Gasteiger partial charge in [-0.2, -0.15) is 0 Å². The van der Waals surface area contributed by atoms with E-state index in [1.807, 2.05) is 26.0 Å². The summed E-state index contributed by atoms with van der Waals surface area (Å²) in [6.45, 7) is 9.64. The maximum Gasteiger partial charge on any atom is 0.191 e. The minimum absolute atomic E-state index is 0. The number of nitrogens with zero attached hydrogens (tertiary/aromatic N) is 2. The van der Waals surface area contributed by atoms with Crippen molar-refractivity contribution in [1.29, 1.82) is 0 Å². The molecule has 1 aromatic rings. The maximum absolute atomic E-state index is 10.7. The molecule has 0 amide bonds. The van der Waals surface area contributed by atoms with E-state index in [1.54, 1.807) is 7.11 Å². The van der Waals surface area contributed by atoms with Gasteiger partial charge in [0, 0.05) is 32.7 Å². The lowest BCUT2D eigenvalue weighted by molar-refractivity contribution is -0.0179. The highest BCUT2D eigenvalue weighted by molar-refractivity contribution is 14.0. The van der Waals surface area contributed by atoms with Crippen LogP contribution in [0.2, 0.25) is 0 Å². The first-order valence-electron chi connectivity index (χ1n) is 10.2. The molecule has 1 heterocycles. The first-order chi connectivity index (χ1) is 13.5. The average Bonchev–Trinajstić information content (AvgIpc) is 2.70. The van der Waals surface area contributed by atoms with Crippen molar-refractivity contribution in [2.45, 2.75) is 32.3 Å². The third kappa shape index (κ3) is 10.5. The number of halogens is 1. The molecule has 0 radical (unpaired) electrons. The Balaban J connectivity index is 0.00000420. The molecule has 3 N–H and O–H groups in total. The van der Waals surface area contributed by atoms with Gasteiger partial charge in [0.15, 0.2) is 5.96 Å². The summed E-state index contributed by atoms with van der Waals surface area (Å²) in [6.07, 6.45) is 1.96. The zero-order valence-corrected chi connectivity index (χ0v) is 20.3. The predicted octanol–water partition coefficient (Wildman–Crippen LogP) is 1.88. The number of aliphatic hydroxyl groups is 1. The highest BCUT2D eigenvalue weighted by Gasteiger charge is 2.25. The van der Waals surface area contributed by atoms with E-state index in [-0.39, 0.29) is 24.0 Å². The van der Waals surface area contributed by atoms with Crippen LogP contribution in [-0.2, 0) is 11.2 Å². The van der Waals surface area contributed by atoms with E-state index >= 15 is 0 Å². The van der Waals surface area contributed by atoms with Gasteiger partial charge in [-0.1, -0.05) is 12.1 Å². The van der Waals surface area contributed by atoms with Crippen molar-refractivity contribution < 1.29 is 14.6 Å². The molecule has 0 bridgehead atoms. The molecular weight excluding hydrogens is 483 g/mol. The number of aryl methyl sites for hydroxylation is 1. The predicted molar refractivity (Wildman–Crippen MR) is 129 cm³/mol. The van der Waals surface area contributed by atoms with Crippen LogP contribution in [0.1, 0.15) is 25.8 Å². The number of nitrogens with one attached hydrogen (secondary N) is 2. The third-order valence-corrected chi connectivity index (χ3v) is 4.66. The molecule has 1 fully saturated rings. The quantitative estimate of drug-likeness (QED) is 0.189. The van der Waals surface area contributed by atoms with Crippen LogP contribution in [0, 0.1) is 0 Å². The van der Waals surface area contributed by atoms with E-state index in [4.69, 9.17) is 9.47 Å². The van der Waals surface area contributed by atoms with Gasteiger partial charge in [-0.05, 0) is 44.4 Å². The normalized spacial score (nSPS) is 17.2. The van der Waals surface area contributed by atoms with Crippen LogP contribution in [0.25, 0.3) is 0 Å². The summed E-state index contributed by atoms with van der Waals surface area (Å²) >= 11 is 0. The van der Waals surface area contributed by atoms with E-state index in [2.05, 4.69) is 32.7 Å². The average molecular weight is 520 g/mol. The monoisotopic (exact) mass is 520 g/mol. The second kappa shape index (κ2) is 14.0. The van der Waals surface area contributed by atoms with Crippen LogP contribution in [0.5, 0.6) is 5.75 Å². The number of guanidine groups is 1. The summed E-state index contributed by atoms with van der Waals surface area (Å²) in [4.78, 5) is 6.82. The molecule has 8 heteroatoms. The summed E-state index contributed by atoms with van der Waals surface area (Å²) in [7, 11) is 1.69. The summed E-state index contributed by atoms with van der Waals surface area (Å²) in [5.74, 6) is 1.64. The van der Waals surface area contributed by atoms with Crippen molar-refractivity contribution in [3.8, 4) is 5.75 Å². The van der Waals surface area contributed by atoms with Crippen molar-refractivity contribution in [2.24, 2.45) is 4.99 Å². The lowest BCUT2D eigenvalue weighted by atomic mass is 10.1. The van der Waals surface area contributed by atoms with Crippen LogP contribution >= 0.6 is 24.0 Å². The van der Waals surface area contributed by atoms with Crippen LogP contribution in [-0.4, -0.2) is 81.2 Å². The lowest BCUT2D eigenvalue weighted by Gasteiger charge is -2.33. The first-order valence-corrected chi connectivity index (χ1v) is 10.2. The van der Waals surface area contributed by atoms with Gasteiger partial charge in [0.05, 0.1) is 32.5 Å². The molecule has 0 saturated carbocycles.